The first-order valence-corrected chi connectivity index (χ1v) is 3.44. The fourth-order valence-corrected chi connectivity index (χ4v) is 0.522. The first-order valence-electron chi connectivity index (χ1n) is 3.44. The Bertz CT molecular complexity index is 238. The highest BCUT2D eigenvalue weighted by Gasteiger charge is 2.24. The Morgan fingerprint density at radius 3 is 2.38 bits per heavy atom. The van der Waals surface area contributed by atoms with Gasteiger partial charge in [0.05, 0.1) is 12.9 Å². The van der Waals surface area contributed by atoms with Crippen LogP contribution < -0.4 is 5.73 Å². The molecule has 1 amide bonds. The minimum atomic E-state index is -3.25. The third-order valence-corrected chi connectivity index (χ3v) is 1.10. The molecular weight excluding hydrogens is 184 g/mol. The van der Waals surface area contributed by atoms with Gasteiger partial charge in [-0.1, -0.05) is 0 Å². The van der Waals surface area contributed by atoms with Crippen molar-refractivity contribution in [2.45, 2.75) is 13.3 Å². The number of ketones is 1. The molecule has 2 N–H and O–H groups in total. The molecule has 0 heterocycles. The van der Waals surface area contributed by atoms with E-state index in [0.29, 0.717) is 6.26 Å². The summed E-state index contributed by atoms with van der Waals surface area (Å²) in [4.78, 5) is 21.1. The monoisotopic (exact) mass is 193 g/mol. The Morgan fingerprint density at radius 1 is 1.54 bits per heavy atom. The molecule has 0 aromatic heterocycles. The van der Waals surface area contributed by atoms with Crippen molar-refractivity contribution in [2.24, 2.45) is 5.73 Å². The Balaban J connectivity index is 4.61. The number of primary amides is 1. The van der Waals surface area contributed by atoms with Gasteiger partial charge in [0.2, 0.25) is 5.78 Å². The molecule has 0 radical (unpaired) electrons. The number of carbonyl (C=O) groups excluding carboxylic acids is 2. The highest BCUT2D eigenvalue weighted by atomic mass is 19.3. The van der Waals surface area contributed by atoms with Crippen molar-refractivity contribution in [1.29, 1.82) is 0 Å². The lowest BCUT2D eigenvalue weighted by atomic mass is 10.2. The normalized spacial score (nSPS) is 11.5. The SMILES string of the molecule is CCO/C=C(\C(N)=O)C(=O)C(F)F. The number of Topliss-reactive ketones (excluding diaryl/α,β-unsaturated/α-hetero) is 1. The zero-order valence-electron chi connectivity index (χ0n) is 6.92. The summed E-state index contributed by atoms with van der Waals surface area (Å²) in [5.74, 6) is -2.85. The van der Waals surface area contributed by atoms with Crippen LogP contribution in [0.2, 0.25) is 0 Å². The van der Waals surface area contributed by atoms with E-state index in [1.807, 2.05) is 0 Å². The molecule has 0 fully saturated rings. The molecule has 13 heavy (non-hydrogen) atoms. The highest BCUT2D eigenvalue weighted by Crippen LogP contribution is 2.05. The van der Waals surface area contributed by atoms with Crippen LogP contribution >= 0.6 is 0 Å². The number of nitrogens with two attached hydrogens (primary N) is 1. The predicted molar refractivity (Wildman–Crippen MR) is 39.9 cm³/mol. The maximum absolute atomic E-state index is 11.8. The molecule has 0 aliphatic heterocycles. The van der Waals surface area contributed by atoms with Crippen molar-refractivity contribution in [3.05, 3.63) is 11.8 Å². The van der Waals surface area contributed by atoms with Crippen molar-refractivity contribution in [3.8, 4) is 0 Å². The van der Waals surface area contributed by atoms with Gasteiger partial charge in [0.25, 0.3) is 5.91 Å². The van der Waals surface area contributed by atoms with Crippen molar-refractivity contribution >= 4 is 11.7 Å². The van der Waals surface area contributed by atoms with Crippen molar-refractivity contribution < 1.29 is 23.1 Å². The van der Waals surface area contributed by atoms with Crippen LogP contribution in [0.3, 0.4) is 0 Å². The second kappa shape index (κ2) is 5.23. The third-order valence-electron chi connectivity index (χ3n) is 1.10. The molecule has 0 aliphatic rings. The molecular formula is C7H9F2NO3. The molecule has 74 valence electrons. The standard InChI is InChI=1S/C7H9F2NO3/c1-2-13-3-4(7(10)12)5(11)6(8)9/h3,6H,2H2,1H3,(H2,10,12)/b4-3-. The van der Waals surface area contributed by atoms with Crippen LogP contribution in [0.25, 0.3) is 0 Å². The zero-order valence-corrected chi connectivity index (χ0v) is 6.92. The van der Waals surface area contributed by atoms with Crippen LogP contribution in [0.1, 0.15) is 6.92 Å². The van der Waals surface area contributed by atoms with Crippen LogP contribution in [0, 0.1) is 0 Å². The number of carbonyl (C=O) groups is 2. The van der Waals surface area contributed by atoms with Crippen LogP contribution in [0.4, 0.5) is 8.78 Å². The summed E-state index contributed by atoms with van der Waals surface area (Å²) in [7, 11) is 0. The van der Waals surface area contributed by atoms with E-state index in [9.17, 15) is 18.4 Å². The van der Waals surface area contributed by atoms with Gasteiger partial charge < -0.3 is 10.5 Å². The summed E-state index contributed by atoms with van der Waals surface area (Å²) in [6.45, 7) is 1.73. The van der Waals surface area contributed by atoms with Crippen LogP contribution in [-0.2, 0) is 14.3 Å². The third kappa shape index (κ3) is 3.64. The largest absolute Gasteiger partial charge is 0.501 e. The van der Waals surface area contributed by atoms with E-state index in [1.54, 1.807) is 6.92 Å². The first kappa shape index (κ1) is 11.5. The van der Waals surface area contributed by atoms with E-state index < -0.39 is 23.7 Å². The minimum Gasteiger partial charge on any atom is -0.501 e. The maximum atomic E-state index is 11.8. The average molecular weight is 193 g/mol. The van der Waals surface area contributed by atoms with Gasteiger partial charge in [-0.2, -0.15) is 0 Å². The molecule has 0 unspecified atom stereocenters. The molecule has 0 saturated carbocycles. The van der Waals surface area contributed by atoms with E-state index in [4.69, 9.17) is 0 Å². The summed E-state index contributed by atoms with van der Waals surface area (Å²) >= 11 is 0. The number of hydrogen-bond donors (Lipinski definition) is 1. The lowest BCUT2D eigenvalue weighted by molar-refractivity contribution is -0.128. The topological polar surface area (TPSA) is 69.4 Å². The zero-order chi connectivity index (χ0) is 10.4. The summed E-state index contributed by atoms with van der Waals surface area (Å²) in [5.41, 5.74) is 3.85. The number of hydrogen-bond acceptors (Lipinski definition) is 3. The molecule has 0 spiro atoms. The lowest BCUT2D eigenvalue weighted by Crippen LogP contribution is -2.25. The van der Waals surface area contributed by atoms with E-state index in [2.05, 4.69) is 10.5 Å². The van der Waals surface area contributed by atoms with E-state index >= 15 is 0 Å². The molecule has 6 heteroatoms. The first-order chi connectivity index (χ1) is 6.00. The number of halogens is 2. The van der Waals surface area contributed by atoms with Gasteiger partial charge >= 0.3 is 6.43 Å². The number of amides is 1. The van der Waals surface area contributed by atoms with Crippen LogP contribution in [0.15, 0.2) is 11.8 Å². The smallest absolute Gasteiger partial charge is 0.300 e. The fraction of sp³-hybridized carbons (Fsp3) is 0.429. The molecule has 0 aliphatic carbocycles. The number of alkyl halides is 2. The average Bonchev–Trinajstić information content (AvgIpc) is 2.04. The molecule has 0 bridgehead atoms. The quantitative estimate of drug-likeness (QED) is 0.294. The number of ether oxygens (including phenoxy) is 1. The maximum Gasteiger partial charge on any atom is 0.300 e. The molecule has 0 aromatic rings. The van der Waals surface area contributed by atoms with Gasteiger partial charge in [-0.25, -0.2) is 8.78 Å². The number of rotatable bonds is 5. The summed E-state index contributed by atoms with van der Waals surface area (Å²) in [6, 6.07) is 0. The molecule has 0 rings (SSSR count). The van der Waals surface area contributed by atoms with Gasteiger partial charge in [-0.3, -0.25) is 9.59 Å². The Hall–Kier alpha value is -1.46. The Kier molecular flexibility index (Phi) is 4.64. The Morgan fingerprint density at radius 2 is 2.08 bits per heavy atom. The highest BCUT2D eigenvalue weighted by molar-refractivity contribution is 6.19. The molecule has 0 saturated heterocycles. The van der Waals surface area contributed by atoms with Crippen LogP contribution in [0.5, 0.6) is 0 Å². The summed E-state index contributed by atoms with van der Waals surface area (Å²) in [6.07, 6.45) is -2.60. The fourth-order valence-electron chi connectivity index (χ4n) is 0.522. The van der Waals surface area contributed by atoms with Gasteiger partial charge in [-0.05, 0) is 6.92 Å². The lowest BCUT2D eigenvalue weighted by Gasteiger charge is -2.01. The van der Waals surface area contributed by atoms with Gasteiger partial charge in [-0.15, -0.1) is 0 Å². The van der Waals surface area contributed by atoms with Crippen molar-refractivity contribution in [3.63, 3.8) is 0 Å². The van der Waals surface area contributed by atoms with E-state index in [-0.39, 0.29) is 6.61 Å². The molecule has 0 aromatic carbocycles. The second-order valence-electron chi connectivity index (χ2n) is 2.02. The van der Waals surface area contributed by atoms with Gasteiger partial charge in [0.1, 0.15) is 5.57 Å². The van der Waals surface area contributed by atoms with Crippen molar-refractivity contribution in [1.82, 2.24) is 0 Å². The van der Waals surface area contributed by atoms with Gasteiger partial charge in [0, 0.05) is 0 Å². The Labute approximate surface area is 73.3 Å². The van der Waals surface area contributed by atoms with Crippen LogP contribution in [-0.4, -0.2) is 24.7 Å². The summed E-state index contributed by atoms with van der Waals surface area (Å²) < 4.78 is 28.1. The van der Waals surface area contributed by atoms with Gasteiger partial charge in [0.15, 0.2) is 0 Å². The predicted octanol–water partition coefficient (Wildman–Crippen LogP) is 0.226. The minimum absolute atomic E-state index is 0.160. The van der Waals surface area contributed by atoms with Crippen molar-refractivity contribution in [2.75, 3.05) is 6.61 Å². The second-order valence-corrected chi connectivity index (χ2v) is 2.02. The van der Waals surface area contributed by atoms with E-state index in [0.717, 1.165) is 0 Å². The summed E-state index contributed by atoms with van der Waals surface area (Å²) in [5, 5.41) is 0. The van der Waals surface area contributed by atoms with E-state index in [1.165, 1.54) is 0 Å². The molecule has 4 nitrogen and oxygen atoms in total. The molecule has 0 atom stereocenters.